The molecule has 0 aliphatic heterocycles. The van der Waals surface area contributed by atoms with Gasteiger partial charge in [0.15, 0.2) is 16.6 Å². The number of rotatable bonds is 6. The van der Waals surface area contributed by atoms with Crippen LogP contribution in [0.2, 0.25) is 39.3 Å². The van der Waals surface area contributed by atoms with E-state index in [9.17, 15) is 4.80 Å². The second kappa shape index (κ2) is 10.7. The van der Waals surface area contributed by atoms with Crippen LogP contribution in [-0.2, 0) is 17.5 Å². The molecule has 1 saturated carbocycles. The van der Waals surface area contributed by atoms with Crippen LogP contribution in [0.5, 0.6) is 0 Å². The lowest BCUT2D eigenvalue weighted by molar-refractivity contribution is 0.00463. The van der Waals surface area contributed by atoms with Crippen LogP contribution in [0.4, 0.5) is 0 Å². The second-order valence-electron chi connectivity index (χ2n) is 9.43. The minimum Gasteiger partial charge on any atom is -0.394 e. The first-order valence-corrected chi connectivity index (χ1v) is 18.7. The molecule has 1 fully saturated rings. The molecule has 4 nitrogen and oxygen atoms in total. The summed E-state index contributed by atoms with van der Waals surface area (Å²) in [5.74, 6) is 0. The Morgan fingerprint density at radius 1 is 0.600 bits per heavy atom. The van der Waals surface area contributed by atoms with Crippen LogP contribution in [0.15, 0.2) is 0 Å². The van der Waals surface area contributed by atoms with Crippen LogP contribution < -0.4 is 0 Å². The molecule has 0 unspecified atom stereocenters. The second-order valence-corrected chi connectivity index (χ2v) is 20.7. The Kier molecular flexibility index (Phi) is 10.1. The minimum atomic E-state index is -3.82. The molecule has 0 aromatic heterocycles. The zero-order valence-electron chi connectivity index (χ0n) is 17.5. The monoisotopic (exact) mass is 405 g/mol. The molecule has 0 saturated heterocycles. The van der Waals surface area contributed by atoms with E-state index in [0.717, 1.165) is 25.7 Å². The van der Waals surface area contributed by atoms with E-state index in [0.29, 0.717) is 0 Å². The summed E-state index contributed by atoms with van der Waals surface area (Å²) in [4.78, 5) is 13.4. The van der Waals surface area contributed by atoms with Gasteiger partial charge in [-0.15, -0.1) is 0 Å². The Labute approximate surface area is 159 Å². The van der Waals surface area contributed by atoms with Gasteiger partial charge in [0.1, 0.15) is 0 Å². The summed E-state index contributed by atoms with van der Waals surface area (Å²) in [6.45, 7) is 12.3. The quantitative estimate of drug-likeness (QED) is 0.491. The van der Waals surface area contributed by atoms with Gasteiger partial charge >= 0.3 is 9.05 Å². The van der Waals surface area contributed by atoms with Crippen molar-refractivity contribution in [2.75, 3.05) is 0 Å². The summed E-state index contributed by atoms with van der Waals surface area (Å²) < 4.78 is 18.1. The fourth-order valence-electron chi connectivity index (χ4n) is 3.27. The molecule has 0 aromatic rings. The highest BCUT2D eigenvalue weighted by molar-refractivity contribution is 6.83. The molecule has 0 amide bonds. The van der Waals surface area contributed by atoms with E-state index in [1.165, 1.54) is 44.9 Å². The summed E-state index contributed by atoms with van der Waals surface area (Å²) in [7, 11) is -7.85. The number of hydrogen-bond donors (Lipinski definition) is 0. The van der Waals surface area contributed by atoms with Gasteiger partial charge < -0.3 is 12.7 Å². The van der Waals surface area contributed by atoms with Crippen molar-refractivity contribution >= 4 is 25.7 Å². The van der Waals surface area contributed by atoms with Crippen molar-refractivity contribution < 1.29 is 17.5 Å². The van der Waals surface area contributed by atoms with Crippen LogP contribution in [0.1, 0.15) is 70.6 Å². The highest BCUT2D eigenvalue weighted by Crippen LogP contribution is 2.26. The Hall–Kier alpha value is 0.491. The Balaban J connectivity index is 2.74. The molecule has 0 spiro atoms. The third kappa shape index (κ3) is 12.5. The van der Waals surface area contributed by atoms with Crippen molar-refractivity contribution in [3.8, 4) is 0 Å². The molecule has 0 N–H and O–H groups in total. The van der Waals surface area contributed by atoms with Crippen molar-refractivity contribution in [2.24, 2.45) is 0 Å². The topological polar surface area (TPSA) is 47.6 Å². The van der Waals surface area contributed by atoms with Crippen molar-refractivity contribution in [3.63, 3.8) is 0 Å². The molecule has 25 heavy (non-hydrogen) atoms. The van der Waals surface area contributed by atoms with Gasteiger partial charge in [0.2, 0.25) is 0 Å². The summed E-state index contributed by atoms with van der Waals surface area (Å²) in [5.41, 5.74) is 0. The van der Waals surface area contributed by atoms with Crippen molar-refractivity contribution in [3.05, 3.63) is 0 Å². The molecule has 1 radical (unpaired) electrons. The van der Waals surface area contributed by atoms with Crippen molar-refractivity contribution in [1.29, 1.82) is 0 Å². The van der Waals surface area contributed by atoms with Gasteiger partial charge in [-0.2, -0.15) is 0 Å². The van der Waals surface area contributed by atoms with Crippen molar-refractivity contribution in [1.82, 2.24) is 0 Å². The molecule has 0 atom stereocenters. The summed E-state index contributed by atoms with van der Waals surface area (Å²) >= 11 is 0. The smallest absolute Gasteiger partial charge is 0.394 e. The normalized spacial score (nSPS) is 20.8. The van der Waals surface area contributed by atoms with E-state index < -0.39 is 25.7 Å². The highest BCUT2D eigenvalue weighted by atomic mass is 28.5. The summed E-state index contributed by atoms with van der Waals surface area (Å²) in [5, 5.41) is 0. The first-order chi connectivity index (χ1) is 11.5. The lowest BCUT2D eigenvalue weighted by atomic mass is 10.00. The Morgan fingerprint density at radius 3 is 1.24 bits per heavy atom. The number of hydrogen-bond acceptors (Lipinski definition) is 3. The van der Waals surface area contributed by atoms with Gasteiger partial charge in [-0.05, 0) is 52.1 Å². The molecule has 1 rings (SSSR count). The predicted octanol–water partition coefficient (Wildman–Crippen LogP) is 6.25. The minimum absolute atomic E-state index is 0.0105. The van der Waals surface area contributed by atoms with E-state index in [4.69, 9.17) is 12.7 Å². The molecular formula is C18H41O4Si3. The molecule has 1 aliphatic carbocycles. The van der Waals surface area contributed by atoms with Gasteiger partial charge in [0, 0.05) is 0 Å². The maximum atomic E-state index is 13.4. The van der Waals surface area contributed by atoms with Gasteiger partial charge in [-0.25, -0.2) is 4.80 Å². The molecule has 1 aliphatic rings. The zero-order chi connectivity index (χ0) is 19.0. The Bertz CT molecular complexity index is 338. The molecule has 0 heterocycles. The average Bonchev–Trinajstić information content (AvgIpc) is 2.37. The first kappa shape index (κ1) is 23.5. The van der Waals surface area contributed by atoms with Gasteiger partial charge in [0.25, 0.3) is 0 Å². The fraction of sp³-hybridized carbons (Fsp3) is 1.00. The predicted molar refractivity (Wildman–Crippen MR) is 111 cm³/mol. The molecule has 0 bridgehead atoms. The molecule has 7 heteroatoms. The molecule has 149 valence electrons. The van der Waals surface area contributed by atoms with Crippen molar-refractivity contribution in [2.45, 2.75) is 116 Å². The Morgan fingerprint density at radius 2 is 0.920 bits per heavy atom. The van der Waals surface area contributed by atoms with E-state index in [2.05, 4.69) is 0 Å². The van der Waals surface area contributed by atoms with Gasteiger partial charge in [0.05, 0.1) is 6.10 Å². The van der Waals surface area contributed by atoms with Crippen LogP contribution in [-0.4, -0.2) is 31.8 Å². The fourth-order valence-corrected chi connectivity index (χ4v) is 10.8. The van der Waals surface area contributed by atoms with Gasteiger partial charge in [-0.1, -0.05) is 57.8 Å². The largest absolute Gasteiger partial charge is 0.686 e. The van der Waals surface area contributed by atoms with Crippen LogP contribution in [0.3, 0.4) is 0 Å². The maximum Gasteiger partial charge on any atom is 0.686 e. The first-order valence-electron chi connectivity index (χ1n) is 10.3. The zero-order valence-corrected chi connectivity index (χ0v) is 20.5. The average molecular weight is 406 g/mol. The van der Waals surface area contributed by atoms with Crippen LogP contribution in [0, 0.1) is 0 Å². The van der Waals surface area contributed by atoms with E-state index in [-0.39, 0.29) is 6.10 Å². The lowest BCUT2D eigenvalue weighted by Gasteiger charge is -2.35. The molecular weight excluding hydrogens is 364 g/mol. The maximum absolute atomic E-state index is 13.4. The van der Waals surface area contributed by atoms with E-state index >= 15 is 0 Å². The van der Waals surface area contributed by atoms with Crippen LogP contribution >= 0.6 is 0 Å². The SMILES string of the molecule is C[Si](C)(C)O[Si]([O])(OC1CCCCCCCCCCC1)O[Si](C)(C)C. The molecule has 0 aromatic carbocycles. The summed E-state index contributed by atoms with van der Waals surface area (Å²) in [6, 6.07) is 0. The lowest BCUT2D eigenvalue weighted by Crippen LogP contribution is -2.57. The van der Waals surface area contributed by atoms with Gasteiger partial charge in [-0.3, -0.25) is 0 Å². The standard InChI is InChI=1S/C18H41O4Si3/c1-23(2,3)21-25(19,22-24(4,5)6)20-18-16-14-12-10-8-7-9-11-13-15-17-18/h18H,7-17H2,1-6H3. The van der Waals surface area contributed by atoms with Crippen LogP contribution in [0.25, 0.3) is 0 Å². The van der Waals surface area contributed by atoms with E-state index in [1.807, 2.05) is 39.3 Å². The highest BCUT2D eigenvalue weighted by Gasteiger charge is 2.51. The third-order valence-electron chi connectivity index (χ3n) is 4.23. The third-order valence-corrected chi connectivity index (χ3v) is 11.7. The summed E-state index contributed by atoms with van der Waals surface area (Å²) in [6.07, 6.45) is 13.4. The van der Waals surface area contributed by atoms with E-state index in [1.54, 1.807) is 0 Å².